The molecule has 1 fully saturated rings. The van der Waals surface area contributed by atoms with Crippen LogP contribution in [0.4, 0.5) is 10.5 Å². The molecule has 2 heterocycles. The molecule has 1 N–H and O–H groups in total. The van der Waals surface area contributed by atoms with E-state index in [1.165, 1.54) is 0 Å². The molecule has 9 heteroatoms. The lowest BCUT2D eigenvalue weighted by Gasteiger charge is -2.34. The van der Waals surface area contributed by atoms with E-state index >= 15 is 0 Å². The second-order valence-corrected chi connectivity index (χ2v) is 8.23. The van der Waals surface area contributed by atoms with E-state index in [1.807, 2.05) is 31.2 Å². The van der Waals surface area contributed by atoms with Crippen molar-refractivity contribution >= 4 is 23.3 Å². The molecular formula is C24H27ClN4O4. The number of oxazole rings is 1. The molecule has 1 aromatic heterocycles. The summed E-state index contributed by atoms with van der Waals surface area (Å²) in [6.45, 7) is 5.33. The molecule has 0 aliphatic carbocycles. The summed E-state index contributed by atoms with van der Waals surface area (Å²) in [6.07, 6.45) is 0. The molecule has 4 rings (SSSR count). The molecule has 33 heavy (non-hydrogen) atoms. The van der Waals surface area contributed by atoms with Crippen LogP contribution >= 0.6 is 11.6 Å². The van der Waals surface area contributed by atoms with Crippen LogP contribution in [0.25, 0.3) is 11.5 Å². The van der Waals surface area contributed by atoms with Gasteiger partial charge in [-0.05, 0) is 37.3 Å². The van der Waals surface area contributed by atoms with Gasteiger partial charge in [-0.25, -0.2) is 9.78 Å². The summed E-state index contributed by atoms with van der Waals surface area (Å²) >= 11 is 6.09. The Bertz CT molecular complexity index is 1130. The van der Waals surface area contributed by atoms with Crippen LogP contribution in [0.1, 0.15) is 11.5 Å². The number of nitrogens with zero attached hydrogens (tertiary/aromatic N) is 3. The lowest BCUT2D eigenvalue weighted by molar-refractivity contribution is 0.141. The van der Waals surface area contributed by atoms with Gasteiger partial charge in [-0.15, -0.1) is 0 Å². The van der Waals surface area contributed by atoms with Crippen LogP contribution in [0.2, 0.25) is 5.02 Å². The first kappa shape index (κ1) is 22.9. The summed E-state index contributed by atoms with van der Waals surface area (Å²) in [5.41, 5.74) is 2.41. The molecule has 1 saturated heterocycles. The third kappa shape index (κ3) is 5.40. The zero-order valence-electron chi connectivity index (χ0n) is 18.9. The zero-order chi connectivity index (χ0) is 23.4. The highest BCUT2D eigenvalue weighted by atomic mass is 35.5. The average molecular weight is 471 g/mol. The van der Waals surface area contributed by atoms with Crippen LogP contribution in [0.5, 0.6) is 11.5 Å². The molecule has 0 radical (unpaired) electrons. The third-order valence-electron chi connectivity index (χ3n) is 5.63. The number of amides is 2. The molecule has 0 unspecified atom stereocenters. The van der Waals surface area contributed by atoms with Crippen LogP contribution in [0.15, 0.2) is 46.9 Å². The quantitative estimate of drug-likeness (QED) is 0.564. The maximum atomic E-state index is 12.7. The first-order valence-corrected chi connectivity index (χ1v) is 11.1. The van der Waals surface area contributed by atoms with Gasteiger partial charge < -0.3 is 24.1 Å². The normalized spacial score (nSPS) is 14.2. The zero-order valence-corrected chi connectivity index (χ0v) is 19.7. The number of ether oxygens (including phenoxy) is 2. The van der Waals surface area contributed by atoms with Crippen LogP contribution in [0.3, 0.4) is 0 Å². The van der Waals surface area contributed by atoms with Crippen LogP contribution in [-0.2, 0) is 6.54 Å². The standard InChI is InChI=1S/C24H27ClN4O4/c1-16-20(27-23(33-16)17-5-4-6-18(25)13-17)15-28-9-11-29(12-10-28)24(30)26-19-7-8-21(31-2)22(14-19)32-3/h4-8,13-14H,9-12,15H2,1-3H3,(H,26,30). The topological polar surface area (TPSA) is 80.1 Å². The van der Waals surface area contributed by atoms with Crippen molar-refractivity contribution < 1.29 is 18.7 Å². The number of hydrogen-bond acceptors (Lipinski definition) is 6. The van der Waals surface area contributed by atoms with E-state index in [1.54, 1.807) is 37.3 Å². The number of nitrogens with one attached hydrogen (secondary N) is 1. The number of carbonyl (C=O) groups excluding carboxylic acids is 1. The van der Waals surface area contributed by atoms with Crippen molar-refractivity contribution in [2.45, 2.75) is 13.5 Å². The number of methoxy groups -OCH3 is 2. The van der Waals surface area contributed by atoms with Crippen molar-refractivity contribution in [3.05, 3.63) is 58.9 Å². The Morgan fingerprint density at radius 3 is 2.55 bits per heavy atom. The highest BCUT2D eigenvalue weighted by Crippen LogP contribution is 2.30. The number of halogens is 1. The Kier molecular flexibility index (Phi) is 7.05. The van der Waals surface area contributed by atoms with E-state index in [-0.39, 0.29) is 6.03 Å². The maximum Gasteiger partial charge on any atom is 0.321 e. The minimum Gasteiger partial charge on any atom is -0.493 e. The van der Waals surface area contributed by atoms with E-state index < -0.39 is 0 Å². The van der Waals surface area contributed by atoms with Gasteiger partial charge in [0.25, 0.3) is 0 Å². The number of aromatic nitrogens is 1. The predicted octanol–water partition coefficient (Wildman–Crippen LogP) is 4.67. The fourth-order valence-corrected chi connectivity index (χ4v) is 3.95. The van der Waals surface area contributed by atoms with Gasteiger partial charge in [-0.2, -0.15) is 0 Å². The molecule has 3 aromatic rings. The monoisotopic (exact) mass is 470 g/mol. The molecule has 0 spiro atoms. The van der Waals surface area contributed by atoms with E-state index in [9.17, 15) is 4.79 Å². The number of rotatable bonds is 6. The molecule has 2 amide bonds. The molecule has 174 valence electrons. The lowest BCUT2D eigenvalue weighted by atomic mass is 10.2. The fraction of sp³-hybridized carbons (Fsp3) is 0.333. The second kappa shape index (κ2) is 10.1. The van der Waals surface area contributed by atoms with Crippen molar-refractivity contribution in [3.63, 3.8) is 0 Å². The van der Waals surface area contributed by atoms with Gasteiger partial charge in [0.2, 0.25) is 5.89 Å². The number of urea groups is 1. The molecule has 2 aromatic carbocycles. The Hall–Kier alpha value is -3.23. The number of hydrogen-bond donors (Lipinski definition) is 1. The van der Waals surface area contributed by atoms with Gasteiger partial charge in [0.15, 0.2) is 11.5 Å². The van der Waals surface area contributed by atoms with E-state index in [0.717, 1.165) is 30.1 Å². The van der Waals surface area contributed by atoms with Gasteiger partial charge in [0.1, 0.15) is 5.76 Å². The number of anilines is 1. The van der Waals surface area contributed by atoms with Gasteiger partial charge in [0.05, 0.1) is 19.9 Å². The van der Waals surface area contributed by atoms with Gasteiger partial charge in [-0.3, -0.25) is 4.90 Å². The molecule has 1 aliphatic heterocycles. The number of aryl methyl sites for hydroxylation is 1. The van der Waals surface area contributed by atoms with Gasteiger partial charge in [0, 0.05) is 55.1 Å². The number of piperazine rings is 1. The Morgan fingerprint density at radius 2 is 1.85 bits per heavy atom. The summed E-state index contributed by atoms with van der Waals surface area (Å²) in [5.74, 6) is 2.54. The molecule has 0 bridgehead atoms. The largest absolute Gasteiger partial charge is 0.493 e. The average Bonchev–Trinajstić information content (AvgIpc) is 3.19. The van der Waals surface area contributed by atoms with E-state index in [2.05, 4.69) is 15.2 Å². The number of benzene rings is 2. The minimum atomic E-state index is -0.136. The van der Waals surface area contributed by atoms with Crippen molar-refractivity contribution in [3.8, 4) is 23.0 Å². The van der Waals surface area contributed by atoms with Crippen LogP contribution < -0.4 is 14.8 Å². The summed E-state index contributed by atoms with van der Waals surface area (Å²) in [4.78, 5) is 21.5. The second-order valence-electron chi connectivity index (χ2n) is 7.80. The number of carbonyl (C=O) groups is 1. The SMILES string of the molecule is COc1ccc(NC(=O)N2CCN(Cc3nc(-c4cccc(Cl)c4)oc3C)CC2)cc1OC. The smallest absolute Gasteiger partial charge is 0.321 e. The fourth-order valence-electron chi connectivity index (χ4n) is 3.76. The van der Waals surface area contributed by atoms with Gasteiger partial charge >= 0.3 is 6.03 Å². The molecular weight excluding hydrogens is 444 g/mol. The maximum absolute atomic E-state index is 12.7. The van der Waals surface area contributed by atoms with Crippen molar-refractivity contribution in [2.75, 3.05) is 45.7 Å². The predicted molar refractivity (Wildman–Crippen MR) is 127 cm³/mol. The first-order valence-electron chi connectivity index (χ1n) is 10.7. The summed E-state index contributed by atoms with van der Waals surface area (Å²) in [5, 5.41) is 3.58. The highest BCUT2D eigenvalue weighted by molar-refractivity contribution is 6.30. The lowest BCUT2D eigenvalue weighted by Crippen LogP contribution is -2.49. The van der Waals surface area contributed by atoms with E-state index in [4.69, 9.17) is 25.5 Å². The Morgan fingerprint density at radius 1 is 1.09 bits per heavy atom. The van der Waals surface area contributed by atoms with Crippen LogP contribution in [-0.4, -0.2) is 61.2 Å². The summed E-state index contributed by atoms with van der Waals surface area (Å²) < 4.78 is 16.4. The third-order valence-corrected chi connectivity index (χ3v) is 5.87. The molecule has 0 atom stereocenters. The van der Waals surface area contributed by atoms with Gasteiger partial charge in [-0.1, -0.05) is 17.7 Å². The minimum absolute atomic E-state index is 0.136. The molecule has 1 aliphatic rings. The van der Waals surface area contributed by atoms with Crippen molar-refractivity contribution in [2.24, 2.45) is 0 Å². The van der Waals surface area contributed by atoms with E-state index in [0.29, 0.717) is 47.7 Å². The summed E-state index contributed by atoms with van der Waals surface area (Å²) in [6, 6.07) is 12.6. The summed E-state index contributed by atoms with van der Waals surface area (Å²) in [7, 11) is 3.14. The Balaban J connectivity index is 1.32. The Labute approximate surface area is 198 Å². The molecule has 8 nitrogen and oxygen atoms in total. The van der Waals surface area contributed by atoms with Crippen molar-refractivity contribution in [1.29, 1.82) is 0 Å². The molecule has 0 saturated carbocycles. The highest BCUT2D eigenvalue weighted by Gasteiger charge is 2.23. The van der Waals surface area contributed by atoms with Crippen LogP contribution in [0, 0.1) is 6.92 Å². The first-order chi connectivity index (χ1) is 16.0. The van der Waals surface area contributed by atoms with Crippen molar-refractivity contribution in [1.82, 2.24) is 14.8 Å².